The van der Waals surface area contributed by atoms with Crippen LogP contribution in [0.1, 0.15) is 12.8 Å². The maximum absolute atomic E-state index is 12.4. The Hall–Kier alpha value is -1.83. The molecular weight excluding hydrogens is 525 g/mol. The minimum atomic E-state index is -5.62. The molecule has 0 spiro atoms. The van der Waals surface area contributed by atoms with Crippen molar-refractivity contribution in [3.63, 3.8) is 0 Å². The van der Waals surface area contributed by atoms with Gasteiger partial charge in [-0.3, -0.25) is 19.2 Å². The molecule has 0 aromatic carbocycles. The fourth-order valence-electron chi connectivity index (χ4n) is 3.18. The Morgan fingerprint density at radius 1 is 1.18 bits per heavy atom. The lowest BCUT2D eigenvalue weighted by molar-refractivity contribution is 0.0103. The van der Waals surface area contributed by atoms with E-state index in [1.807, 2.05) is 0 Å². The average molecular weight is 546 g/mol. The van der Waals surface area contributed by atoms with Gasteiger partial charge in [-0.05, 0) is 12.8 Å². The molecule has 18 nitrogen and oxygen atoms in total. The normalized spacial score (nSPS) is 23.7. The third-order valence-electron chi connectivity index (χ3n) is 4.32. The van der Waals surface area contributed by atoms with E-state index in [0.717, 1.165) is 0 Å². The Labute approximate surface area is 191 Å². The zero-order chi connectivity index (χ0) is 25.3. The van der Waals surface area contributed by atoms with Crippen LogP contribution in [-0.2, 0) is 31.6 Å². The van der Waals surface area contributed by atoms with Crippen molar-refractivity contribution in [1.29, 1.82) is 0 Å². The Morgan fingerprint density at radius 2 is 1.88 bits per heavy atom. The van der Waals surface area contributed by atoms with Crippen LogP contribution in [0.3, 0.4) is 0 Å². The molecule has 9 N–H and O–H groups in total. The average Bonchev–Trinajstić information content (AvgIpc) is 3.26. The predicted octanol–water partition coefficient (Wildman–Crippen LogP) is -1.30. The van der Waals surface area contributed by atoms with Crippen LogP contribution in [0, 0.1) is 12.0 Å². The summed E-state index contributed by atoms with van der Waals surface area (Å²) < 4.78 is 51.6. The third kappa shape index (κ3) is 6.86. The summed E-state index contributed by atoms with van der Waals surface area (Å²) in [4.78, 5) is 57.7. The molecule has 2 unspecified atom stereocenters. The van der Waals surface area contributed by atoms with E-state index in [-0.39, 0.29) is 30.7 Å². The Morgan fingerprint density at radius 3 is 2.53 bits per heavy atom. The largest absolute Gasteiger partial charge is 0.490 e. The second-order valence-electron chi connectivity index (χ2n) is 6.83. The van der Waals surface area contributed by atoms with Crippen molar-refractivity contribution in [2.75, 3.05) is 35.4 Å². The van der Waals surface area contributed by atoms with Crippen LogP contribution in [0.4, 0.5) is 17.5 Å². The number of nitrogens with zero attached hydrogens (tertiary/aromatic N) is 3. The zero-order valence-corrected chi connectivity index (χ0v) is 19.8. The van der Waals surface area contributed by atoms with Gasteiger partial charge >= 0.3 is 23.5 Å². The minimum Gasteiger partial charge on any atom is -0.369 e. The molecule has 0 amide bonds. The number of nitrogen functional groups attached to an aromatic ring is 1. The van der Waals surface area contributed by atoms with Gasteiger partial charge in [-0.1, -0.05) is 5.92 Å². The Bertz CT molecular complexity index is 1190. The van der Waals surface area contributed by atoms with Crippen molar-refractivity contribution in [2.45, 2.75) is 25.2 Å². The topological polar surface area (TPSA) is 273 Å². The van der Waals surface area contributed by atoms with Gasteiger partial charge in [0.25, 0.3) is 5.56 Å². The van der Waals surface area contributed by atoms with Crippen LogP contribution in [0.25, 0.3) is 0 Å². The number of nitrogens with one attached hydrogen (secondary N) is 1. The van der Waals surface area contributed by atoms with Crippen molar-refractivity contribution in [3.05, 3.63) is 10.4 Å². The van der Waals surface area contributed by atoms with Crippen molar-refractivity contribution in [3.8, 4) is 12.0 Å². The fraction of sp³-hybridized carbons (Fsp3) is 0.538. The number of aromatic amines is 1. The smallest absolute Gasteiger partial charge is 0.369 e. The highest BCUT2D eigenvalue weighted by Gasteiger charge is 2.43. The molecule has 2 aliphatic rings. The van der Waals surface area contributed by atoms with E-state index in [4.69, 9.17) is 26.0 Å². The van der Waals surface area contributed by atoms with Gasteiger partial charge in [0.15, 0.2) is 11.5 Å². The molecule has 0 aliphatic carbocycles. The summed E-state index contributed by atoms with van der Waals surface area (Å²) in [5.41, 5.74) is 10.6. The summed E-state index contributed by atoms with van der Waals surface area (Å²) in [6.07, 6.45) is -0.830. The maximum Gasteiger partial charge on any atom is 0.490 e. The molecule has 3 heterocycles. The number of rotatable bonds is 8. The van der Waals surface area contributed by atoms with E-state index >= 15 is 0 Å². The van der Waals surface area contributed by atoms with Gasteiger partial charge in [-0.2, -0.15) is 13.6 Å². The fourth-order valence-corrected chi connectivity index (χ4v) is 6.23. The van der Waals surface area contributed by atoms with Crippen LogP contribution < -0.4 is 26.8 Å². The molecule has 21 heteroatoms. The molecular formula is C13H21N6O12P3. The summed E-state index contributed by atoms with van der Waals surface area (Å²) >= 11 is 0. The number of phosphoric ester groups is 1. The summed E-state index contributed by atoms with van der Waals surface area (Å²) in [5.74, 6) is 2.71. The monoisotopic (exact) mass is 546 g/mol. The Kier molecular flexibility index (Phi) is 7.90. The number of hydrogen-bond acceptors (Lipinski definition) is 13. The van der Waals surface area contributed by atoms with Gasteiger partial charge in [-0.25, -0.2) is 13.7 Å². The second kappa shape index (κ2) is 10.0. The number of aromatic nitrogens is 2. The van der Waals surface area contributed by atoms with Crippen LogP contribution in [0.5, 0.6) is 0 Å². The molecule has 4 atom stereocenters. The van der Waals surface area contributed by atoms with Crippen molar-refractivity contribution in [1.82, 2.24) is 9.97 Å². The molecule has 1 fully saturated rings. The highest BCUT2D eigenvalue weighted by molar-refractivity contribution is 7.66. The first-order valence-electron chi connectivity index (χ1n) is 9.26. The molecule has 34 heavy (non-hydrogen) atoms. The van der Waals surface area contributed by atoms with Crippen LogP contribution in [-0.4, -0.2) is 61.7 Å². The first-order chi connectivity index (χ1) is 15.7. The van der Waals surface area contributed by atoms with Crippen molar-refractivity contribution >= 4 is 40.9 Å². The minimum absolute atomic E-state index is 0.0503. The van der Waals surface area contributed by atoms with E-state index in [0.29, 0.717) is 12.8 Å². The number of H-pyrrole nitrogens is 1. The molecule has 0 radical (unpaired) electrons. The number of hydrogen-bond donors (Lipinski definition) is 7. The second-order valence-corrected chi connectivity index (χ2v) is 11.3. The van der Waals surface area contributed by atoms with Crippen LogP contribution in [0.15, 0.2) is 4.79 Å². The van der Waals surface area contributed by atoms with Crippen molar-refractivity contribution < 1.29 is 51.2 Å². The number of ether oxygens (including phenoxy) is 1. The van der Waals surface area contributed by atoms with Gasteiger partial charge in [-0.15, -0.1) is 0 Å². The zero-order valence-electron chi connectivity index (χ0n) is 17.1. The molecule has 3 rings (SSSR count). The molecule has 190 valence electrons. The summed E-state index contributed by atoms with van der Waals surface area (Å²) in [6, 6.07) is 2.73. The molecule has 1 saturated heterocycles. The molecule has 1 aromatic rings. The van der Waals surface area contributed by atoms with Gasteiger partial charge in [0, 0.05) is 6.04 Å². The van der Waals surface area contributed by atoms with E-state index in [2.05, 4.69) is 35.1 Å². The molecule has 0 saturated carbocycles. The highest BCUT2D eigenvalue weighted by atomic mass is 31.3. The lowest BCUT2D eigenvalue weighted by atomic mass is 10.2. The predicted molar refractivity (Wildman–Crippen MR) is 114 cm³/mol. The molecule has 2 aliphatic heterocycles. The highest BCUT2D eigenvalue weighted by Crippen LogP contribution is 2.66. The van der Waals surface area contributed by atoms with Gasteiger partial charge in [0.05, 0.1) is 19.3 Å². The first-order valence-corrected chi connectivity index (χ1v) is 13.8. The van der Waals surface area contributed by atoms with E-state index in [1.165, 1.54) is 4.90 Å². The van der Waals surface area contributed by atoms with Gasteiger partial charge in [0.1, 0.15) is 12.9 Å². The quantitative estimate of drug-likeness (QED) is 0.147. The molecule has 1 aromatic heterocycles. The lowest BCUT2D eigenvalue weighted by Gasteiger charge is -2.25. The first kappa shape index (κ1) is 26.8. The standard InChI is InChI=1S/C13H21N6O12P3/c14-4-1-5-18-7-19(11-10(18)12(20)17-13(15)16-11)9-3-2-8(29-9)6-28-33(24,25)31-34(26,27)30-32(21,22)23/h8-9H,2-4,6-7,14H2,(H,24,25)(H,26,27)(H2,21,22,23)(H3,15,16,17,20)/t8-,9+/m0/s1. The van der Waals surface area contributed by atoms with E-state index in [1.54, 1.807) is 4.90 Å². The lowest BCUT2D eigenvalue weighted by Crippen LogP contribution is -2.38. The summed E-state index contributed by atoms with van der Waals surface area (Å²) in [7, 11) is -16.4. The SMILES string of the molecule is NCC#CN1CN([C@H]2CC[C@@H](COP(=O)(O)OP(=O)(O)OP(=O)(O)O)O2)c2nc(N)[nH]c(=O)c21. The van der Waals surface area contributed by atoms with E-state index < -0.39 is 48.0 Å². The number of anilines is 3. The Balaban J connectivity index is 1.65. The third-order valence-corrected chi connectivity index (χ3v) is 8.12. The summed E-state index contributed by atoms with van der Waals surface area (Å²) in [6.45, 7) is -0.466. The number of fused-ring (bicyclic) bond motifs is 1. The number of nitrogens with two attached hydrogens (primary N) is 2. The van der Waals surface area contributed by atoms with E-state index in [9.17, 15) is 28.3 Å². The number of phosphoric acid groups is 3. The maximum atomic E-state index is 12.4. The summed E-state index contributed by atoms with van der Waals surface area (Å²) in [5, 5.41) is 0. The van der Waals surface area contributed by atoms with Crippen molar-refractivity contribution in [2.24, 2.45) is 5.73 Å². The molecule has 0 bridgehead atoms. The van der Waals surface area contributed by atoms with Crippen LogP contribution in [0.2, 0.25) is 0 Å². The van der Waals surface area contributed by atoms with Gasteiger partial charge < -0.3 is 40.7 Å². The van der Waals surface area contributed by atoms with Crippen LogP contribution >= 0.6 is 23.5 Å². The van der Waals surface area contributed by atoms with Gasteiger partial charge in [0.2, 0.25) is 5.95 Å².